The molecule has 3 aromatic rings. The highest BCUT2D eigenvalue weighted by atomic mass is 32.2. The number of aromatic carboxylic acids is 1. The van der Waals surface area contributed by atoms with E-state index in [1.165, 1.54) is 50.7 Å². The van der Waals surface area contributed by atoms with Gasteiger partial charge in [0.15, 0.2) is 0 Å². The number of rotatable bonds is 6. The van der Waals surface area contributed by atoms with E-state index in [9.17, 15) is 13.2 Å². The third-order valence-corrected chi connectivity index (χ3v) is 5.24. The van der Waals surface area contributed by atoms with Gasteiger partial charge in [-0.3, -0.25) is 9.71 Å². The minimum Gasteiger partial charge on any atom is -0.497 e. The number of nitrogens with one attached hydrogen (secondary N) is 1. The van der Waals surface area contributed by atoms with E-state index >= 15 is 0 Å². The van der Waals surface area contributed by atoms with Crippen molar-refractivity contribution in [2.45, 2.75) is 4.90 Å². The van der Waals surface area contributed by atoms with E-state index in [0.29, 0.717) is 16.7 Å². The monoisotopic (exact) mass is 388 g/mol. The molecule has 27 heavy (non-hydrogen) atoms. The summed E-state index contributed by atoms with van der Waals surface area (Å²) in [5, 5.41) is 9.59. The molecule has 0 aliphatic carbocycles. The van der Waals surface area contributed by atoms with Gasteiger partial charge in [-0.1, -0.05) is 0 Å². The van der Waals surface area contributed by atoms with Crippen LogP contribution in [0.3, 0.4) is 0 Å². The van der Waals surface area contributed by atoms with E-state index < -0.39 is 16.0 Å². The number of benzene rings is 2. The molecule has 1 heterocycles. The van der Waals surface area contributed by atoms with Crippen molar-refractivity contribution in [2.75, 3.05) is 18.9 Å². The molecule has 0 unspecified atom stereocenters. The largest absolute Gasteiger partial charge is 0.497 e. The fraction of sp³-hybridized carbons (Fsp3) is 0.111. The molecule has 0 saturated heterocycles. The van der Waals surface area contributed by atoms with Crippen molar-refractivity contribution in [3.05, 3.63) is 54.2 Å². The van der Waals surface area contributed by atoms with Crippen LogP contribution in [-0.4, -0.2) is 38.7 Å². The lowest BCUT2D eigenvalue weighted by Gasteiger charge is -2.13. The molecule has 0 amide bonds. The van der Waals surface area contributed by atoms with Gasteiger partial charge in [0.05, 0.1) is 37.2 Å². The second kappa shape index (κ2) is 7.12. The van der Waals surface area contributed by atoms with E-state index in [1.807, 2.05) is 0 Å². The summed E-state index contributed by atoms with van der Waals surface area (Å²) in [6.45, 7) is 0. The highest BCUT2D eigenvalue weighted by molar-refractivity contribution is 7.92. The predicted molar refractivity (Wildman–Crippen MR) is 99.1 cm³/mol. The van der Waals surface area contributed by atoms with Gasteiger partial charge in [-0.15, -0.1) is 0 Å². The van der Waals surface area contributed by atoms with Crippen LogP contribution in [0.25, 0.3) is 10.9 Å². The van der Waals surface area contributed by atoms with Gasteiger partial charge in [0, 0.05) is 11.5 Å². The lowest BCUT2D eigenvalue weighted by molar-refractivity contribution is 0.0697. The Morgan fingerprint density at radius 3 is 2.52 bits per heavy atom. The molecule has 0 bridgehead atoms. The fourth-order valence-electron chi connectivity index (χ4n) is 2.52. The number of carboxylic acid groups (broad SMARTS) is 1. The third kappa shape index (κ3) is 3.77. The van der Waals surface area contributed by atoms with Crippen molar-refractivity contribution in [2.24, 2.45) is 0 Å². The third-order valence-electron chi connectivity index (χ3n) is 3.84. The van der Waals surface area contributed by atoms with Gasteiger partial charge >= 0.3 is 5.97 Å². The highest BCUT2D eigenvalue weighted by Gasteiger charge is 2.21. The zero-order valence-electron chi connectivity index (χ0n) is 14.5. The van der Waals surface area contributed by atoms with E-state index in [1.54, 1.807) is 12.1 Å². The highest BCUT2D eigenvalue weighted by Crippen LogP contribution is 2.30. The summed E-state index contributed by atoms with van der Waals surface area (Å²) in [4.78, 5) is 15.2. The molecule has 9 heteroatoms. The number of aromatic nitrogens is 1. The van der Waals surface area contributed by atoms with Crippen molar-refractivity contribution < 1.29 is 27.8 Å². The van der Waals surface area contributed by atoms with Gasteiger partial charge in [-0.05, 0) is 36.4 Å². The number of hydrogen-bond donors (Lipinski definition) is 2. The summed E-state index contributed by atoms with van der Waals surface area (Å²) in [5.41, 5.74) is 0.815. The van der Waals surface area contributed by atoms with Gasteiger partial charge in [-0.2, -0.15) is 0 Å². The molecule has 140 valence electrons. The zero-order chi connectivity index (χ0) is 19.6. The quantitative estimate of drug-likeness (QED) is 0.667. The van der Waals surface area contributed by atoms with E-state index in [-0.39, 0.29) is 21.9 Å². The van der Waals surface area contributed by atoms with Gasteiger partial charge in [-0.25, -0.2) is 13.2 Å². The van der Waals surface area contributed by atoms with Crippen molar-refractivity contribution in [1.29, 1.82) is 0 Å². The van der Waals surface area contributed by atoms with Crippen molar-refractivity contribution in [3.63, 3.8) is 0 Å². The maximum atomic E-state index is 12.8. The van der Waals surface area contributed by atoms with Crippen LogP contribution in [0.15, 0.2) is 53.6 Å². The summed E-state index contributed by atoms with van der Waals surface area (Å²) in [5.74, 6) is -0.562. The molecule has 0 aliphatic rings. The van der Waals surface area contributed by atoms with Gasteiger partial charge in [0.2, 0.25) is 0 Å². The molecule has 3 rings (SSSR count). The summed E-state index contributed by atoms with van der Waals surface area (Å²) < 4.78 is 38.2. The Hall–Kier alpha value is -3.33. The summed E-state index contributed by atoms with van der Waals surface area (Å²) in [6.07, 6.45) is 1.35. The Balaban J connectivity index is 2.02. The van der Waals surface area contributed by atoms with Gasteiger partial charge in [0.1, 0.15) is 16.4 Å². The van der Waals surface area contributed by atoms with E-state index in [4.69, 9.17) is 14.6 Å². The van der Waals surface area contributed by atoms with Crippen LogP contribution < -0.4 is 14.2 Å². The molecule has 1 aromatic heterocycles. The fourth-order valence-corrected chi connectivity index (χ4v) is 3.74. The predicted octanol–water partition coefficient (Wildman–Crippen LogP) is 2.75. The molecular weight excluding hydrogens is 372 g/mol. The standard InChI is InChI=1S/C18H16N2O6S/c1-25-14-4-6-16(26-2)17(9-14)27(23,24)20-13-8-12-7-11(18(21)22)3-5-15(12)19-10-13/h3-10,20H,1-2H3,(H,21,22). The SMILES string of the molecule is COc1ccc(OC)c(S(=O)(=O)Nc2cnc3ccc(C(=O)O)cc3c2)c1. The average Bonchev–Trinajstić information content (AvgIpc) is 2.66. The molecule has 0 aliphatic heterocycles. The van der Waals surface area contributed by atoms with E-state index in [0.717, 1.165) is 0 Å². The van der Waals surface area contributed by atoms with Crippen LogP contribution >= 0.6 is 0 Å². The smallest absolute Gasteiger partial charge is 0.335 e. The Labute approximate surface area is 155 Å². The second-order valence-corrected chi connectivity index (χ2v) is 7.21. The van der Waals surface area contributed by atoms with E-state index in [2.05, 4.69) is 9.71 Å². The first-order chi connectivity index (χ1) is 12.8. The minimum atomic E-state index is -4.00. The molecule has 0 radical (unpaired) electrons. The summed E-state index contributed by atoms with van der Waals surface area (Å²) in [7, 11) is -1.20. The lowest BCUT2D eigenvalue weighted by Crippen LogP contribution is -2.14. The normalized spacial score (nSPS) is 11.2. The Kier molecular flexibility index (Phi) is 4.87. The topological polar surface area (TPSA) is 115 Å². The van der Waals surface area contributed by atoms with Crippen molar-refractivity contribution >= 4 is 32.6 Å². The maximum absolute atomic E-state index is 12.8. The molecule has 2 N–H and O–H groups in total. The first-order valence-corrected chi connectivity index (χ1v) is 9.20. The van der Waals surface area contributed by atoms with Crippen LogP contribution in [0.1, 0.15) is 10.4 Å². The number of ether oxygens (including phenoxy) is 2. The number of fused-ring (bicyclic) bond motifs is 1. The van der Waals surface area contributed by atoms with Gasteiger partial charge < -0.3 is 14.6 Å². The Morgan fingerprint density at radius 1 is 1.07 bits per heavy atom. The number of pyridine rings is 1. The number of hydrogen-bond acceptors (Lipinski definition) is 6. The van der Waals surface area contributed by atoms with Crippen LogP contribution in [0.5, 0.6) is 11.5 Å². The van der Waals surface area contributed by atoms with Crippen LogP contribution in [0, 0.1) is 0 Å². The number of methoxy groups -OCH3 is 2. The average molecular weight is 388 g/mol. The second-order valence-electron chi connectivity index (χ2n) is 5.56. The number of anilines is 1. The zero-order valence-corrected chi connectivity index (χ0v) is 15.3. The Bertz CT molecular complexity index is 1130. The minimum absolute atomic E-state index is 0.0822. The van der Waals surface area contributed by atoms with Gasteiger partial charge in [0.25, 0.3) is 10.0 Å². The van der Waals surface area contributed by atoms with Crippen LogP contribution in [0.4, 0.5) is 5.69 Å². The number of nitrogens with zero attached hydrogens (tertiary/aromatic N) is 1. The molecular formula is C18H16N2O6S. The molecule has 8 nitrogen and oxygen atoms in total. The number of carbonyl (C=O) groups is 1. The first-order valence-electron chi connectivity index (χ1n) is 7.72. The van der Waals surface area contributed by atoms with Crippen molar-refractivity contribution in [3.8, 4) is 11.5 Å². The number of sulfonamides is 1. The number of carboxylic acids is 1. The van der Waals surface area contributed by atoms with Crippen LogP contribution in [0.2, 0.25) is 0 Å². The molecule has 0 spiro atoms. The first kappa shape index (κ1) is 18.5. The molecule has 0 atom stereocenters. The molecule has 0 fully saturated rings. The molecule has 0 saturated carbocycles. The molecule has 2 aromatic carbocycles. The van der Waals surface area contributed by atoms with Crippen LogP contribution in [-0.2, 0) is 10.0 Å². The Morgan fingerprint density at radius 2 is 1.85 bits per heavy atom. The summed E-state index contributed by atoms with van der Waals surface area (Å²) in [6, 6.07) is 10.4. The summed E-state index contributed by atoms with van der Waals surface area (Å²) >= 11 is 0. The lowest BCUT2D eigenvalue weighted by atomic mass is 10.1. The van der Waals surface area contributed by atoms with Crippen molar-refractivity contribution in [1.82, 2.24) is 4.98 Å². The maximum Gasteiger partial charge on any atom is 0.335 e.